The van der Waals surface area contributed by atoms with Crippen molar-refractivity contribution in [3.8, 4) is 0 Å². The summed E-state index contributed by atoms with van der Waals surface area (Å²) in [5.41, 5.74) is 2.15. The van der Waals surface area contributed by atoms with E-state index in [0.717, 1.165) is 30.9 Å². The van der Waals surface area contributed by atoms with E-state index in [1.54, 1.807) is 7.11 Å². The third kappa shape index (κ3) is 4.12. The number of anilines is 1. The Morgan fingerprint density at radius 2 is 2.25 bits per heavy atom. The minimum atomic E-state index is 0.654. The van der Waals surface area contributed by atoms with Crippen molar-refractivity contribution in [2.24, 2.45) is 0 Å². The number of ether oxygens (including phenoxy) is 1. The highest BCUT2D eigenvalue weighted by Gasteiger charge is 2.02. The monoisotopic (exact) mass is 224 g/mol. The Hall–Kier alpha value is -1.20. The molecule has 0 saturated carbocycles. The second-order valence-corrected chi connectivity index (χ2v) is 3.50. The highest BCUT2D eigenvalue weighted by Crippen LogP contribution is 2.06. The molecule has 1 aromatic rings. The predicted octanol–water partition coefficient (Wildman–Crippen LogP) is 0.953. The van der Waals surface area contributed by atoms with Gasteiger partial charge < -0.3 is 15.4 Å². The van der Waals surface area contributed by atoms with Crippen molar-refractivity contribution in [1.29, 1.82) is 0 Å². The lowest BCUT2D eigenvalue weighted by molar-refractivity contribution is 0.210. The van der Waals surface area contributed by atoms with E-state index in [0.29, 0.717) is 12.6 Å². The van der Waals surface area contributed by atoms with Crippen LogP contribution in [-0.2, 0) is 11.3 Å². The van der Waals surface area contributed by atoms with Crippen LogP contribution in [0.2, 0.25) is 0 Å². The maximum absolute atomic E-state index is 4.94. The van der Waals surface area contributed by atoms with Crippen LogP contribution < -0.4 is 10.6 Å². The molecule has 2 N–H and O–H groups in total. The summed E-state index contributed by atoms with van der Waals surface area (Å²) in [6, 6.07) is 0. The molecular formula is C11H20N4O. The van der Waals surface area contributed by atoms with E-state index in [2.05, 4.69) is 27.5 Å². The van der Waals surface area contributed by atoms with Crippen molar-refractivity contribution in [3.05, 3.63) is 17.5 Å². The first-order valence-electron chi connectivity index (χ1n) is 5.54. The van der Waals surface area contributed by atoms with Crippen molar-refractivity contribution in [3.63, 3.8) is 0 Å². The molecule has 0 atom stereocenters. The number of hydrogen-bond donors (Lipinski definition) is 2. The predicted molar refractivity (Wildman–Crippen MR) is 64.5 cm³/mol. The van der Waals surface area contributed by atoms with E-state index in [-0.39, 0.29) is 0 Å². The summed E-state index contributed by atoms with van der Waals surface area (Å²) in [7, 11) is 1.67. The van der Waals surface area contributed by atoms with Crippen LogP contribution in [0, 0.1) is 6.92 Å². The van der Waals surface area contributed by atoms with Gasteiger partial charge in [0.1, 0.15) is 0 Å². The molecule has 5 heteroatoms. The molecule has 0 radical (unpaired) electrons. The van der Waals surface area contributed by atoms with Gasteiger partial charge in [0, 0.05) is 37.7 Å². The fourth-order valence-electron chi connectivity index (χ4n) is 1.28. The van der Waals surface area contributed by atoms with Crippen molar-refractivity contribution >= 4 is 5.95 Å². The van der Waals surface area contributed by atoms with E-state index in [9.17, 15) is 0 Å². The standard InChI is InChI=1S/C11H20N4O/c1-4-12-7-10-8-14-11(15-9(10)2)13-5-6-16-3/h8,12H,4-7H2,1-3H3,(H,13,14,15). The van der Waals surface area contributed by atoms with Gasteiger partial charge in [0.2, 0.25) is 5.95 Å². The van der Waals surface area contributed by atoms with Crippen LogP contribution in [0.25, 0.3) is 0 Å². The van der Waals surface area contributed by atoms with Crippen molar-refractivity contribution in [2.75, 3.05) is 32.1 Å². The molecule has 0 aromatic carbocycles. The van der Waals surface area contributed by atoms with Gasteiger partial charge in [0.05, 0.1) is 6.61 Å². The Morgan fingerprint density at radius 3 is 2.88 bits per heavy atom. The Morgan fingerprint density at radius 1 is 1.44 bits per heavy atom. The number of aromatic nitrogens is 2. The van der Waals surface area contributed by atoms with E-state index < -0.39 is 0 Å². The van der Waals surface area contributed by atoms with Gasteiger partial charge in [0.25, 0.3) is 0 Å². The average molecular weight is 224 g/mol. The van der Waals surface area contributed by atoms with Crippen LogP contribution in [0.4, 0.5) is 5.95 Å². The fourth-order valence-corrected chi connectivity index (χ4v) is 1.28. The molecule has 0 bridgehead atoms. The number of nitrogens with one attached hydrogen (secondary N) is 2. The van der Waals surface area contributed by atoms with Crippen LogP contribution >= 0.6 is 0 Å². The van der Waals surface area contributed by atoms with Crippen molar-refractivity contribution in [2.45, 2.75) is 20.4 Å². The molecule has 0 saturated heterocycles. The van der Waals surface area contributed by atoms with Gasteiger partial charge in [-0.15, -0.1) is 0 Å². The molecule has 0 spiro atoms. The number of methoxy groups -OCH3 is 1. The zero-order chi connectivity index (χ0) is 11.8. The van der Waals surface area contributed by atoms with E-state index in [1.807, 2.05) is 13.1 Å². The second kappa shape index (κ2) is 7.14. The first kappa shape index (κ1) is 12.9. The summed E-state index contributed by atoms with van der Waals surface area (Å²) in [6.07, 6.45) is 1.86. The molecule has 0 aliphatic heterocycles. The lowest BCUT2D eigenvalue weighted by atomic mass is 10.2. The summed E-state index contributed by atoms with van der Waals surface area (Å²) >= 11 is 0. The number of hydrogen-bond acceptors (Lipinski definition) is 5. The van der Waals surface area contributed by atoms with Crippen LogP contribution in [0.1, 0.15) is 18.2 Å². The van der Waals surface area contributed by atoms with Gasteiger partial charge in [0.15, 0.2) is 0 Å². The van der Waals surface area contributed by atoms with Gasteiger partial charge in [-0.3, -0.25) is 0 Å². The number of aryl methyl sites for hydroxylation is 1. The minimum Gasteiger partial charge on any atom is -0.383 e. The van der Waals surface area contributed by atoms with Crippen molar-refractivity contribution < 1.29 is 4.74 Å². The summed E-state index contributed by atoms with van der Waals surface area (Å²) in [6.45, 7) is 7.23. The van der Waals surface area contributed by atoms with Gasteiger partial charge in [-0.1, -0.05) is 6.92 Å². The third-order valence-electron chi connectivity index (χ3n) is 2.24. The quantitative estimate of drug-likeness (QED) is 0.675. The molecule has 1 rings (SSSR count). The Kier molecular flexibility index (Phi) is 5.74. The minimum absolute atomic E-state index is 0.654. The topological polar surface area (TPSA) is 59.1 Å². The molecule has 16 heavy (non-hydrogen) atoms. The first-order valence-corrected chi connectivity index (χ1v) is 5.54. The molecule has 1 aromatic heterocycles. The number of rotatable bonds is 7. The molecule has 1 heterocycles. The van der Waals surface area contributed by atoms with Crippen molar-refractivity contribution in [1.82, 2.24) is 15.3 Å². The normalized spacial score (nSPS) is 10.4. The highest BCUT2D eigenvalue weighted by atomic mass is 16.5. The van der Waals surface area contributed by atoms with Gasteiger partial charge in [-0.25, -0.2) is 9.97 Å². The molecule has 90 valence electrons. The number of nitrogens with zero attached hydrogens (tertiary/aromatic N) is 2. The van der Waals surface area contributed by atoms with E-state index >= 15 is 0 Å². The summed E-state index contributed by atoms with van der Waals surface area (Å²) in [5.74, 6) is 0.662. The summed E-state index contributed by atoms with van der Waals surface area (Å²) in [5, 5.41) is 6.36. The smallest absolute Gasteiger partial charge is 0.222 e. The Balaban J connectivity index is 2.53. The highest BCUT2D eigenvalue weighted by molar-refractivity contribution is 5.28. The van der Waals surface area contributed by atoms with E-state index in [1.165, 1.54) is 0 Å². The Bertz CT molecular complexity index is 317. The van der Waals surface area contributed by atoms with Crippen LogP contribution in [0.3, 0.4) is 0 Å². The summed E-state index contributed by atoms with van der Waals surface area (Å²) < 4.78 is 4.94. The average Bonchev–Trinajstić information content (AvgIpc) is 2.28. The molecule has 0 fully saturated rings. The van der Waals surface area contributed by atoms with Gasteiger partial charge in [-0.05, 0) is 13.5 Å². The molecule has 0 unspecified atom stereocenters. The van der Waals surface area contributed by atoms with Crippen LogP contribution in [0.5, 0.6) is 0 Å². The molecular weight excluding hydrogens is 204 g/mol. The molecule has 0 aliphatic rings. The van der Waals surface area contributed by atoms with Gasteiger partial charge >= 0.3 is 0 Å². The second-order valence-electron chi connectivity index (χ2n) is 3.50. The van der Waals surface area contributed by atoms with Gasteiger partial charge in [-0.2, -0.15) is 0 Å². The van der Waals surface area contributed by atoms with Crippen LogP contribution in [-0.4, -0.2) is 36.8 Å². The molecule has 5 nitrogen and oxygen atoms in total. The Labute approximate surface area is 96.6 Å². The van der Waals surface area contributed by atoms with Crippen LogP contribution in [0.15, 0.2) is 6.20 Å². The zero-order valence-corrected chi connectivity index (χ0v) is 10.2. The maximum Gasteiger partial charge on any atom is 0.222 e. The first-order chi connectivity index (χ1) is 7.77. The lowest BCUT2D eigenvalue weighted by Crippen LogP contribution is -2.15. The molecule has 0 amide bonds. The lowest BCUT2D eigenvalue weighted by Gasteiger charge is -2.08. The molecule has 0 aliphatic carbocycles. The third-order valence-corrected chi connectivity index (χ3v) is 2.24. The largest absolute Gasteiger partial charge is 0.383 e. The SMILES string of the molecule is CCNCc1cnc(NCCOC)nc1C. The van der Waals surface area contributed by atoms with E-state index in [4.69, 9.17) is 4.74 Å². The fraction of sp³-hybridized carbons (Fsp3) is 0.636. The maximum atomic E-state index is 4.94. The zero-order valence-electron chi connectivity index (χ0n) is 10.2. The summed E-state index contributed by atoms with van der Waals surface area (Å²) in [4.78, 5) is 8.63.